The van der Waals surface area contributed by atoms with Crippen molar-refractivity contribution in [2.75, 3.05) is 11.5 Å². The van der Waals surface area contributed by atoms with E-state index in [0.29, 0.717) is 11.4 Å². The van der Waals surface area contributed by atoms with E-state index in [0.717, 1.165) is 0 Å². The van der Waals surface area contributed by atoms with Crippen LogP contribution >= 0.6 is 0 Å². The summed E-state index contributed by atoms with van der Waals surface area (Å²) >= 11 is 0. The largest absolute Gasteiger partial charge is 0.384 e. The fraction of sp³-hybridized carbons (Fsp3) is 0.111. The number of hydrogen-bond donors (Lipinski definition) is 4. The van der Waals surface area contributed by atoms with Crippen LogP contribution in [0.3, 0.4) is 0 Å². The number of nitrogens with two attached hydrogens (primary N) is 2. The van der Waals surface area contributed by atoms with E-state index in [1.165, 1.54) is 12.4 Å². The summed E-state index contributed by atoms with van der Waals surface area (Å²) in [6.07, 6.45) is 2.89. The van der Waals surface area contributed by atoms with E-state index in [9.17, 15) is 9.59 Å². The van der Waals surface area contributed by atoms with Gasteiger partial charge in [-0.3, -0.25) is 9.78 Å². The summed E-state index contributed by atoms with van der Waals surface area (Å²) in [6, 6.07) is 1.58. The Labute approximate surface area is 95.7 Å². The number of aryl methyl sites for hydroxylation is 1. The van der Waals surface area contributed by atoms with Crippen molar-refractivity contribution in [2.45, 2.75) is 6.92 Å². The van der Waals surface area contributed by atoms with E-state index in [2.05, 4.69) is 19.9 Å². The normalized spacial score (nSPS) is 9.24. The fourth-order valence-electron chi connectivity index (χ4n) is 0.866. The Balaban J connectivity index is 0.000000171. The third-order valence-corrected chi connectivity index (χ3v) is 1.70. The maximum absolute atomic E-state index is 10.6. The highest BCUT2D eigenvalue weighted by Crippen LogP contribution is 1.94. The van der Waals surface area contributed by atoms with Gasteiger partial charge in [0.15, 0.2) is 0 Å². The van der Waals surface area contributed by atoms with Crippen molar-refractivity contribution < 1.29 is 0 Å². The van der Waals surface area contributed by atoms with Crippen LogP contribution in [0.25, 0.3) is 0 Å². The standard InChI is InChI=1S/C5H6N2O2.C4H6N4/c1-3-2-6-5(9)7-4(3)8;5-3-1-2-7-4(6)8-3/h2H,1H3,(H2,6,7,8,9);1-2H,(H4,5,6,7,8). The Morgan fingerprint density at radius 1 is 1.29 bits per heavy atom. The number of anilines is 2. The molecule has 0 fully saturated rings. The Kier molecular flexibility index (Phi) is 3.98. The van der Waals surface area contributed by atoms with Gasteiger partial charge in [0.2, 0.25) is 5.95 Å². The molecule has 0 saturated carbocycles. The van der Waals surface area contributed by atoms with E-state index in [1.54, 1.807) is 13.0 Å². The summed E-state index contributed by atoms with van der Waals surface area (Å²) in [5, 5.41) is 0. The van der Waals surface area contributed by atoms with Crippen molar-refractivity contribution in [3.63, 3.8) is 0 Å². The van der Waals surface area contributed by atoms with Crippen molar-refractivity contribution in [1.29, 1.82) is 0 Å². The van der Waals surface area contributed by atoms with Crippen LogP contribution in [0, 0.1) is 6.92 Å². The van der Waals surface area contributed by atoms with Gasteiger partial charge in [-0.1, -0.05) is 0 Å². The van der Waals surface area contributed by atoms with Crippen molar-refractivity contribution in [3.8, 4) is 0 Å². The van der Waals surface area contributed by atoms with Crippen molar-refractivity contribution >= 4 is 11.8 Å². The second-order valence-corrected chi connectivity index (χ2v) is 3.09. The lowest BCUT2D eigenvalue weighted by Crippen LogP contribution is -2.22. The number of H-pyrrole nitrogens is 2. The van der Waals surface area contributed by atoms with Crippen molar-refractivity contribution in [3.05, 3.63) is 44.9 Å². The van der Waals surface area contributed by atoms with E-state index >= 15 is 0 Å². The number of aromatic nitrogens is 4. The SMILES string of the molecule is Cc1c[nH]c(=O)[nH]c1=O.Nc1ccnc(N)n1. The summed E-state index contributed by atoms with van der Waals surface area (Å²) in [5.41, 5.74) is 10.1. The third kappa shape index (κ3) is 4.16. The molecule has 0 aliphatic carbocycles. The summed E-state index contributed by atoms with van der Waals surface area (Å²) < 4.78 is 0. The third-order valence-electron chi connectivity index (χ3n) is 1.70. The molecular weight excluding hydrogens is 224 g/mol. The van der Waals surface area contributed by atoms with Crippen LogP contribution in [-0.4, -0.2) is 19.9 Å². The topological polar surface area (TPSA) is 144 Å². The van der Waals surface area contributed by atoms with Crippen LogP contribution in [0.5, 0.6) is 0 Å². The zero-order valence-electron chi connectivity index (χ0n) is 9.10. The molecule has 8 nitrogen and oxygen atoms in total. The molecule has 0 bridgehead atoms. The van der Waals surface area contributed by atoms with Crippen LogP contribution in [0.4, 0.5) is 11.8 Å². The molecule has 8 heteroatoms. The zero-order chi connectivity index (χ0) is 12.8. The van der Waals surface area contributed by atoms with Gasteiger partial charge in [0.05, 0.1) is 0 Å². The maximum atomic E-state index is 10.6. The van der Waals surface area contributed by atoms with Gasteiger partial charge in [-0.25, -0.2) is 9.78 Å². The maximum Gasteiger partial charge on any atom is 0.325 e. The lowest BCUT2D eigenvalue weighted by Gasteiger charge is -1.89. The average molecular weight is 236 g/mol. The first kappa shape index (κ1) is 12.4. The van der Waals surface area contributed by atoms with E-state index in [4.69, 9.17) is 11.5 Å². The van der Waals surface area contributed by atoms with E-state index in [1.807, 2.05) is 0 Å². The molecule has 6 N–H and O–H groups in total. The molecule has 0 atom stereocenters. The first-order valence-corrected chi connectivity index (χ1v) is 4.61. The highest BCUT2D eigenvalue weighted by atomic mass is 16.2. The number of hydrogen-bond acceptors (Lipinski definition) is 6. The molecular formula is C9H12N6O2. The minimum Gasteiger partial charge on any atom is -0.384 e. The molecule has 0 aliphatic heterocycles. The van der Waals surface area contributed by atoms with Gasteiger partial charge in [0, 0.05) is 18.0 Å². The zero-order valence-corrected chi connectivity index (χ0v) is 9.10. The van der Waals surface area contributed by atoms with E-state index < -0.39 is 5.69 Å². The number of nitrogens with zero attached hydrogens (tertiary/aromatic N) is 2. The Bertz CT molecular complexity index is 585. The number of nitrogen functional groups attached to an aromatic ring is 2. The lowest BCUT2D eigenvalue weighted by atomic mass is 10.4. The molecule has 0 spiro atoms. The molecule has 0 unspecified atom stereocenters. The minimum atomic E-state index is -0.467. The molecule has 2 rings (SSSR count). The van der Waals surface area contributed by atoms with Crippen LogP contribution in [0.15, 0.2) is 28.0 Å². The van der Waals surface area contributed by atoms with Gasteiger partial charge < -0.3 is 16.5 Å². The van der Waals surface area contributed by atoms with Crippen molar-refractivity contribution in [2.24, 2.45) is 0 Å². The number of rotatable bonds is 0. The van der Waals surface area contributed by atoms with Gasteiger partial charge in [0.25, 0.3) is 5.56 Å². The highest BCUT2D eigenvalue weighted by molar-refractivity contribution is 5.31. The molecule has 17 heavy (non-hydrogen) atoms. The first-order valence-electron chi connectivity index (χ1n) is 4.61. The van der Waals surface area contributed by atoms with Crippen molar-refractivity contribution in [1.82, 2.24) is 19.9 Å². The molecule has 2 aromatic rings. The summed E-state index contributed by atoms with van der Waals surface area (Å²) in [7, 11) is 0. The highest BCUT2D eigenvalue weighted by Gasteiger charge is 1.88. The number of nitrogens with one attached hydrogen (secondary N) is 2. The lowest BCUT2D eigenvalue weighted by molar-refractivity contribution is 1.01. The molecule has 90 valence electrons. The summed E-state index contributed by atoms with van der Waals surface area (Å²) in [6.45, 7) is 1.62. The smallest absolute Gasteiger partial charge is 0.325 e. The monoisotopic (exact) mass is 236 g/mol. The predicted octanol–water partition coefficient (Wildman–Crippen LogP) is -0.987. The Morgan fingerprint density at radius 2 is 2.00 bits per heavy atom. The van der Waals surface area contributed by atoms with Crippen LogP contribution in [-0.2, 0) is 0 Å². The summed E-state index contributed by atoms with van der Waals surface area (Å²) in [5.74, 6) is 0.613. The summed E-state index contributed by atoms with van der Waals surface area (Å²) in [4.78, 5) is 32.5. The molecule has 2 heterocycles. The molecule has 0 radical (unpaired) electrons. The molecule has 0 aromatic carbocycles. The van der Waals surface area contributed by atoms with Gasteiger partial charge in [-0.05, 0) is 13.0 Å². The van der Waals surface area contributed by atoms with Gasteiger partial charge in [0.1, 0.15) is 5.82 Å². The van der Waals surface area contributed by atoms with Crippen LogP contribution < -0.4 is 22.7 Å². The second-order valence-electron chi connectivity index (χ2n) is 3.09. The second kappa shape index (κ2) is 5.45. The first-order chi connectivity index (χ1) is 7.99. The van der Waals surface area contributed by atoms with Gasteiger partial charge in [-0.15, -0.1) is 0 Å². The average Bonchev–Trinajstić information content (AvgIpc) is 2.24. The number of aromatic amines is 2. The van der Waals surface area contributed by atoms with Crippen LogP contribution in [0.1, 0.15) is 5.56 Å². The quantitative estimate of drug-likeness (QED) is 0.462. The molecule has 0 amide bonds. The Morgan fingerprint density at radius 3 is 2.41 bits per heavy atom. The molecule has 0 saturated heterocycles. The minimum absolute atomic E-state index is 0.213. The molecule has 2 aromatic heterocycles. The molecule has 0 aliphatic rings. The van der Waals surface area contributed by atoms with Gasteiger partial charge >= 0.3 is 5.69 Å². The van der Waals surface area contributed by atoms with E-state index in [-0.39, 0.29) is 11.5 Å². The van der Waals surface area contributed by atoms with Crippen LogP contribution in [0.2, 0.25) is 0 Å². The fourth-order valence-corrected chi connectivity index (χ4v) is 0.866. The Hall–Kier alpha value is -2.64. The predicted molar refractivity (Wildman–Crippen MR) is 63.3 cm³/mol. The van der Waals surface area contributed by atoms with Gasteiger partial charge in [-0.2, -0.15) is 4.98 Å².